The number of esters is 4. The van der Waals surface area contributed by atoms with Crippen LogP contribution in [0.2, 0.25) is 0 Å². The van der Waals surface area contributed by atoms with Crippen molar-refractivity contribution in [3.8, 4) is 17.2 Å². The van der Waals surface area contributed by atoms with Crippen LogP contribution in [0.15, 0.2) is 17.7 Å². The molecule has 0 bridgehead atoms. The molecule has 0 aliphatic carbocycles. The van der Waals surface area contributed by atoms with E-state index in [2.05, 4.69) is 4.74 Å². The van der Waals surface area contributed by atoms with E-state index in [4.69, 9.17) is 14.2 Å². The van der Waals surface area contributed by atoms with Gasteiger partial charge in [0.25, 0.3) is 0 Å². The third-order valence-electron chi connectivity index (χ3n) is 4.20. The van der Waals surface area contributed by atoms with Gasteiger partial charge in [0.05, 0.1) is 37.4 Å². The zero-order valence-electron chi connectivity index (χ0n) is 16.3. The second kappa shape index (κ2) is 9.16. The Bertz CT molecular complexity index is 916. The van der Waals surface area contributed by atoms with Crippen LogP contribution in [0.4, 0.5) is 0 Å². The van der Waals surface area contributed by atoms with Gasteiger partial charge in [-0.05, 0) is 19.9 Å². The first kappa shape index (κ1) is 22.5. The zero-order valence-corrected chi connectivity index (χ0v) is 16.3. The van der Waals surface area contributed by atoms with Crippen molar-refractivity contribution in [1.29, 1.82) is 0 Å². The Morgan fingerprint density at radius 1 is 1.10 bits per heavy atom. The van der Waals surface area contributed by atoms with Gasteiger partial charge < -0.3 is 34.3 Å². The predicted octanol–water partition coefficient (Wildman–Crippen LogP) is 0.652. The van der Waals surface area contributed by atoms with Crippen molar-refractivity contribution in [2.75, 3.05) is 20.3 Å². The van der Waals surface area contributed by atoms with Gasteiger partial charge in [-0.15, -0.1) is 0 Å². The molecule has 1 aliphatic rings. The Morgan fingerprint density at radius 3 is 2.30 bits per heavy atom. The average molecular weight is 424 g/mol. The largest absolute Gasteiger partial charge is 0.504 e. The smallest absolute Gasteiger partial charge is 0.348 e. The van der Waals surface area contributed by atoms with Crippen LogP contribution in [0.3, 0.4) is 0 Å². The van der Waals surface area contributed by atoms with E-state index >= 15 is 0 Å². The Morgan fingerprint density at radius 2 is 1.73 bits per heavy atom. The van der Waals surface area contributed by atoms with Gasteiger partial charge >= 0.3 is 23.9 Å². The molecule has 11 nitrogen and oxygen atoms in total. The second-order valence-electron chi connectivity index (χ2n) is 5.95. The summed E-state index contributed by atoms with van der Waals surface area (Å²) >= 11 is 0. The fourth-order valence-corrected chi connectivity index (χ4v) is 2.97. The van der Waals surface area contributed by atoms with Crippen molar-refractivity contribution >= 4 is 23.9 Å². The van der Waals surface area contributed by atoms with Crippen molar-refractivity contribution in [2.24, 2.45) is 0 Å². The van der Waals surface area contributed by atoms with E-state index in [1.807, 2.05) is 0 Å². The van der Waals surface area contributed by atoms with E-state index < -0.39 is 69.8 Å². The molecule has 30 heavy (non-hydrogen) atoms. The number of rotatable bonds is 6. The SMILES string of the molecule is CCOC(=O)/C=C(\C(=O)OC)[C@H]1c2c(cc(O)c(O)c2O)C(=O)O[C@@H]1C(=O)OCC. The van der Waals surface area contributed by atoms with Crippen LogP contribution in [-0.4, -0.2) is 65.6 Å². The fraction of sp³-hybridized carbons (Fsp3) is 0.368. The molecule has 0 radical (unpaired) electrons. The van der Waals surface area contributed by atoms with Crippen LogP contribution < -0.4 is 0 Å². The van der Waals surface area contributed by atoms with Crippen molar-refractivity contribution in [1.82, 2.24) is 0 Å². The normalized spacial score (nSPS) is 18.1. The lowest BCUT2D eigenvalue weighted by molar-refractivity contribution is -0.155. The molecule has 1 aromatic rings. The summed E-state index contributed by atoms with van der Waals surface area (Å²) in [4.78, 5) is 49.3. The fourth-order valence-electron chi connectivity index (χ4n) is 2.97. The molecule has 0 amide bonds. The molecule has 11 heteroatoms. The van der Waals surface area contributed by atoms with E-state index in [0.29, 0.717) is 0 Å². The maximum absolute atomic E-state index is 12.5. The molecule has 0 unspecified atom stereocenters. The zero-order chi connectivity index (χ0) is 22.6. The van der Waals surface area contributed by atoms with E-state index in [-0.39, 0.29) is 13.2 Å². The summed E-state index contributed by atoms with van der Waals surface area (Å²) in [6.07, 6.45) is -1.09. The minimum Gasteiger partial charge on any atom is -0.504 e. The number of carbonyl (C=O) groups is 4. The molecule has 2 atom stereocenters. The molecule has 2 rings (SSSR count). The maximum atomic E-state index is 12.5. The second-order valence-corrected chi connectivity index (χ2v) is 5.95. The molecule has 162 valence electrons. The molecule has 3 N–H and O–H groups in total. The number of hydrogen-bond acceptors (Lipinski definition) is 11. The monoisotopic (exact) mass is 424 g/mol. The van der Waals surface area contributed by atoms with E-state index in [1.54, 1.807) is 0 Å². The van der Waals surface area contributed by atoms with Gasteiger partial charge in [0.2, 0.25) is 11.9 Å². The van der Waals surface area contributed by atoms with Crippen LogP contribution in [0, 0.1) is 0 Å². The Hall–Kier alpha value is -3.76. The summed E-state index contributed by atoms with van der Waals surface area (Å²) < 4.78 is 19.4. The van der Waals surface area contributed by atoms with Crippen molar-refractivity contribution < 1.29 is 53.4 Å². The number of phenolic OH excluding ortho intramolecular Hbond substituents is 3. The van der Waals surface area contributed by atoms with Gasteiger partial charge in [-0.2, -0.15) is 0 Å². The molecule has 0 spiro atoms. The number of hydrogen-bond donors (Lipinski definition) is 3. The van der Waals surface area contributed by atoms with Gasteiger partial charge in [-0.1, -0.05) is 0 Å². The molecule has 0 saturated carbocycles. The first-order valence-corrected chi connectivity index (χ1v) is 8.79. The molecule has 1 heterocycles. The van der Waals surface area contributed by atoms with Crippen molar-refractivity contribution in [2.45, 2.75) is 25.9 Å². The Kier molecular flexibility index (Phi) is 6.88. The van der Waals surface area contributed by atoms with Crippen LogP contribution in [0.25, 0.3) is 0 Å². The minimum atomic E-state index is -1.81. The predicted molar refractivity (Wildman–Crippen MR) is 96.7 cm³/mol. The number of benzene rings is 1. The van der Waals surface area contributed by atoms with Gasteiger partial charge in [0.15, 0.2) is 11.5 Å². The summed E-state index contributed by atoms with van der Waals surface area (Å²) in [5.74, 6) is -8.72. The minimum absolute atomic E-state index is 0.0265. The number of aromatic hydroxyl groups is 3. The molecule has 0 fully saturated rings. The third kappa shape index (κ3) is 4.14. The number of ether oxygens (including phenoxy) is 4. The molecular weight excluding hydrogens is 404 g/mol. The van der Waals surface area contributed by atoms with E-state index in [0.717, 1.165) is 19.3 Å². The summed E-state index contributed by atoms with van der Waals surface area (Å²) in [7, 11) is 1.00. The summed E-state index contributed by atoms with van der Waals surface area (Å²) in [5.41, 5.74) is -1.38. The van der Waals surface area contributed by atoms with Crippen LogP contribution in [-0.2, 0) is 33.3 Å². The highest BCUT2D eigenvalue weighted by Gasteiger charge is 2.48. The van der Waals surface area contributed by atoms with Gasteiger partial charge in [-0.25, -0.2) is 19.2 Å². The van der Waals surface area contributed by atoms with Crippen molar-refractivity contribution in [3.63, 3.8) is 0 Å². The highest BCUT2D eigenvalue weighted by molar-refractivity contribution is 6.03. The van der Waals surface area contributed by atoms with Gasteiger partial charge in [-0.3, -0.25) is 0 Å². The highest BCUT2D eigenvalue weighted by atomic mass is 16.6. The van der Waals surface area contributed by atoms with Gasteiger partial charge in [0.1, 0.15) is 0 Å². The van der Waals surface area contributed by atoms with Crippen molar-refractivity contribution in [3.05, 3.63) is 28.8 Å². The molecule has 1 aromatic carbocycles. The summed E-state index contributed by atoms with van der Waals surface area (Å²) in [6, 6.07) is 0.792. The number of methoxy groups -OCH3 is 1. The lowest BCUT2D eigenvalue weighted by Gasteiger charge is -2.32. The number of cyclic esters (lactones) is 1. The molecular formula is C19H20O11. The first-order chi connectivity index (χ1) is 14.2. The molecule has 1 aliphatic heterocycles. The number of fused-ring (bicyclic) bond motifs is 1. The first-order valence-electron chi connectivity index (χ1n) is 8.79. The quantitative estimate of drug-likeness (QED) is 0.254. The highest BCUT2D eigenvalue weighted by Crippen LogP contribution is 2.49. The molecule has 0 aromatic heterocycles. The van der Waals surface area contributed by atoms with E-state index in [1.165, 1.54) is 13.8 Å². The standard InChI is InChI=1S/C19H20O11/c1-4-28-11(21)7-9(17(24)27-3)13-12-8(6-10(20)14(22)15(12)23)18(25)30-16(13)19(26)29-5-2/h6-7,13,16,20,22-23H,4-5H2,1-3H3/b9-7-/t13-,16-/m0/s1. The van der Waals surface area contributed by atoms with Crippen LogP contribution >= 0.6 is 0 Å². The number of phenols is 3. The number of carbonyl (C=O) groups excluding carboxylic acids is 4. The lowest BCUT2D eigenvalue weighted by Crippen LogP contribution is -2.41. The maximum Gasteiger partial charge on any atom is 0.348 e. The Balaban J connectivity index is 2.83. The van der Waals surface area contributed by atoms with Crippen LogP contribution in [0.5, 0.6) is 17.2 Å². The summed E-state index contributed by atoms with van der Waals surface area (Å²) in [5, 5.41) is 30.1. The summed E-state index contributed by atoms with van der Waals surface area (Å²) in [6.45, 7) is 2.88. The Labute approximate surface area is 170 Å². The average Bonchev–Trinajstić information content (AvgIpc) is 2.70. The topological polar surface area (TPSA) is 166 Å². The molecule has 0 saturated heterocycles. The van der Waals surface area contributed by atoms with E-state index in [9.17, 15) is 34.5 Å². The lowest BCUT2D eigenvalue weighted by atomic mass is 9.80. The van der Waals surface area contributed by atoms with Gasteiger partial charge in [0, 0.05) is 11.6 Å². The van der Waals surface area contributed by atoms with Crippen LogP contribution in [0.1, 0.15) is 35.7 Å². The third-order valence-corrected chi connectivity index (χ3v) is 4.20.